The molecule has 6 heteroatoms. The number of hydrogen-bond acceptors (Lipinski definition) is 3. The number of sulfonamides is 1. The smallest absolute Gasteiger partial charge is 0.249 e. The van der Waals surface area contributed by atoms with Crippen LogP contribution in [0.25, 0.3) is 0 Å². The second-order valence-electron chi connectivity index (χ2n) is 3.18. The van der Waals surface area contributed by atoms with Crippen molar-refractivity contribution >= 4 is 38.3 Å². The van der Waals surface area contributed by atoms with Gasteiger partial charge in [0.1, 0.15) is 0 Å². The van der Waals surface area contributed by atoms with Crippen molar-refractivity contribution in [2.45, 2.75) is 18.6 Å². The number of anilines is 1. The summed E-state index contributed by atoms with van der Waals surface area (Å²) in [5.41, 5.74) is 0.487. The first kappa shape index (κ1) is 13.3. The van der Waals surface area contributed by atoms with Gasteiger partial charge in [-0.15, -0.1) is 0 Å². The summed E-state index contributed by atoms with van der Waals surface area (Å²) in [7, 11) is -3.61. The molecule has 0 saturated carbocycles. The maximum absolute atomic E-state index is 11.7. The molecule has 86 valence electrons. The highest BCUT2D eigenvalue weighted by molar-refractivity contribution is 14.1. The highest BCUT2D eigenvalue weighted by Gasteiger charge is 2.23. The van der Waals surface area contributed by atoms with Crippen LogP contribution in [-0.4, -0.2) is 13.7 Å². The number of rotatable bonds is 4. The summed E-state index contributed by atoms with van der Waals surface area (Å²) in [5, 5.41) is 7.71. The van der Waals surface area contributed by atoms with Gasteiger partial charge >= 0.3 is 0 Å². The van der Waals surface area contributed by atoms with E-state index in [1.807, 2.05) is 6.07 Å². The molecule has 0 amide bonds. The molecule has 16 heavy (non-hydrogen) atoms. The molecule has 1 N–H and O–H groups in total. The molecule has 1 unspecified atom stereocenters. The summed E-state index contributed by atoms with van der Waals surface area (Å²) < 4.78 is 26.8. The van der Waals surface area contributed by atoms with E-state index in [4.69, 9.17) is 5.26 Å². The molecule has 0 bridgehead atoms. The molecule has 1 atom stereocenters. The number of nitrogens with one attached hydrogen (secondary N) is 1. The number of nitrogens with zero attached hydrogens (tertiary/aromatic N) is 1. The van der Waals surface area contributed by atoms with Crippen LogP contribution < -0.4 is 4.72 Å². The average Bonchev–Trinajstić information content (AvgIpc) is 2.18. The molecule has 4 nitrogen and oxygen atoms in total. The lowest BCUT2D eigenvalue weighted by molar-refractivity contribution is 0.593. The first-order valence-corrected chi connectivity index (χ1v) is 7.29. The van der Waals surface area contributed by atoms with Gasteiger partial charge in [0.15, 0.2) is 5.25 Å². The minimum absolute atomic E-state index is 0.274. The second kappa shape index (κ2) is 5.50. The molecule has 1 aromatic carbocycles. The summed E-state index contributed by atoms with van der Waals surface area (Å²) in [6.45, 7) is 1.67. The predicted molar refractivity (Wildman–Crippen MR) is 71.4 cm³/mol. The number of hydrogen-bond donors (Lipinski definition) is 1. The highest BCUT2D eigenvalue weighted by atomic mass is 127. The molecule has 0 aromatic heterocycles. The van der Waals surface area contributed by atoms with Crippen molar-refractivity contribution in [1.29, 1.82) is 5.26 Å². The van der Waals surface area contributed by atoms with Gasteiger partial charge in [0, 0.05) is 9.26 Å². The molecule has 0 aliphatic rings. The van der Waals surface area contributed by atoms with E-state index in [-0.39, 0.29) is 6.42 Å². The Morgan fingerprint density at radius 1 is 1.56 bits per heavy atom. The molecule has 0 heterocycles. The zero-order valence-electron chi connectivity index (χ0n) is 8.64. The Balaban J connectivity index is 2.94. The van der Waals surface area contributed by atoms with E-state index in [0.29, 0.717) is 5.69 Å². The molecule has 0 fully saturated rings. The van der Waals surface area contributed by atoms with Crippen LogP contribution in [0.5, 0.6) is 0 Å². The fourth-order valence-electron chi connectivity index (χ4n) is 1.17. The predicted octanol–water partition coefficient (Wildman–Crippen LogP) is 2.34. The summed E-state index contributed by atoms with van der Waals surface area (Å²) in [5.74, 6) is 0. The van der Waals surface area contributed by atoms with Gasteiger partial charge in [0.2, 0.25) is 10.0 Å². The lowest BCUT2D eigenvalue weighted by Gasteiger charge is -2.11. The molecule has 0 aliphatic heterocycles. The van der Waals surface area contributed by atoms with Gasteiger partial charge in [0.25, 0.3) is 0 Å². The fourth-order valence-corrected chi connectivity index (χ4v) is 2.89. The quantitative estimate of drug-likeness (QED) is 0.848. The zero-order valence-corrected chi connectivity index (χ0v) is 11.6. The first-order valence-electron chi connectivity index (χ1n) is 4.66. The van der Waals surface area contributed by atoms with Crippen molar-refractivity contribution in [1.82, 2.24) is 0 Å². The molecule has 0 spiro atoms. The Hall–Kier alpha value is -0.810. The van der Waals surface area contributed by atoms with Crippen LogP contribution in [0, 0.1) is 14.9 Å². The van der Waals surface area contributed by atoms with Crippen molar-refractivity contribution < 1.29 is 8.42 Å². The van der Waals surface area contributed by atoms with Crippen molar-refractivity contribution in [3.05, 3.63) is 27.8 Å². The Morgan fingerprint density at radius 3 is 2.75 bits per heavy atom. The maximum atomic E-state index is 11.7. The Kier molecular flexibility index (Phi) is 4.56. The second-order valence-corrected chi connectivity index (χ2v) is 6.29. The van der Waals surface area contributed by atoms with Crippen LogP contribution in [0.3, 0.4) is 0 Å². The van der Waals surface area contributed by atoms with E-state index in [0.717, 1.165) is 3.57 Å². The van der Waals surface area contributed by atoms with E-state index in [1.54, 1.807) is 31.2 Å². The Morgan fingerprint density at radius 2 is 2.25 bits per heavy atom. The van der Waals surface area contributed by atoms with E-state index < -0.39 is 15.3 Å². The molecule has 0 radical (unpaired) electrons. The van der Waals surface area contributed by atoms with E-state index in [2.05, 4.69) is 27.3 Å². The van der Waals surface area contributed by atoms with Gasteiger partial charge in [-0.2, -0.15) is 5.26 Å². The summed E-state index contributed by atoms with van der Waals surface area (Å²) >= 11 is 2.09. The van der Waals surface area contributed by atoms with Crippen LogP contribution in [0.4, 0.5) is 5.69 Å². The van der Waals surface area contributed by atoms with Crippen molar-refractivity contribution in [3.63, 3.8) is 0 Å². The van der Waals surface area contributed by atoms with Crippen LogP contribution in [0.15, 0.2) is 24.3 Å². The van der Waals surface area contributed by atoms with Gasteiger partial charge in [0.05, 0.1) is 6.07 Å². The normalized spacial score (nSPS) is 12.8. The third-order valence-electron chi connectivity index (χ3n) is 1.97. The topological polar surface area (TPSA) is 70.0 Å². The zero-order chi connectivity index (χ0) is 12.2. The third kappa shape index (κ3) is 3.35. The van der Waals surface area contributed by atoms with Crippen LogP contribution >= 0.6 is 22.6 Å². The average molecular weight is 350 g/mol. The largest absolute Gasteiger partial charge is 0.282 e. The third-order valence-corrected chi connectivity index (χ3v) is 4.35. The van der Waals surface area contributed by atoms with Crippen molar-refractivity contribution in [3.8, 4) is 6.07 Å². The van der Waals surface area contributed by atoms with E-state index in [9.17, 15) is 8.42 Å². The van der Waals surface area contributed by atoms with Gasteiger partial charge in [-0.1, -0.05) is 13.0 Å². The maximum Gasteiger partial charge on any atom is 0.249 e. The Bertz CT molecular complexity index is 508. The monoisotopic (exact) mass is 350 g/mol. The minimum atomic E-state index is -3.61. The van der Waals surface area contributed by atoms with Crippen molar-refractivity contribution in [2.75, 3.05) is 4.72 Å². The number of nitriles is 1. The number of halogens is 1. The molecular formula is C10H11IN2O2S. The summed E-state index contributed by atoms with van der Waals surface area (Å²) in [6, 6.07) is 8.76. The lowest BCUT2D eigenvalue weighted by Crippen LogP contribution is -2.25. The van der Waals surface area contributed by atoms with Gasteiger partial charge in [-0.25, -0.2) is 8.42 Å². The summed E-state index contributed by atoms with van der Waals surface area (Å²) in [6.07, 6.45) is 0.274. The van der Waals surface area contributed by atoms with Crippen molar-refractivity contribution in [2.24, 2.45) is 0 Å². The van der Waals surface area contributed by atoms with Gasteiger partial charge < -0.3 is 0 Å². The molecule has 1 rings (SSSR count). The fraction of sp³-hybridized carbons (Fsp3) is 0.300. The van der Waals surface area contributed by atoms with Crippen LogP contribution in [-0.2, 0) is 10.0 Å². The molecule has 0 saturated heterocycles. The van der Waals surface area contributed by atoms with E-state index in [1.165, 1.54) is 0 Å². The molecular weight excluding hydrogens is 339 g/mol. The minimum Gasteiger partial charge on any atom is -0.282 e. The van der Waals surface area contributed by atoms with E-state index >= 15 is 0 Å². The number of benzene rings is 1. The highest BCUT2D eigenvalue weighted by Crippen LogP contribution is 2.16. The van der Waals surface area contributed by atoms with Crippen LogP contribution in [0.2, 0.25) is 0 Å². The lowest BCUT2D eigenvalue weighted by atomic mass is 10.3. The van der Waals surface area contributed by atoms with Gasteiger partial charge in [-0.3, -0.25) is 4.72 Å². The standard InChI is InChI=1S/C10H11IN2O2S/c1-2-10(7-12)16(14,15)13-9-5-3-4-8(11)6-9/h3-6,10,13H,2H2,1H3. The first-order chi connectivity index (χ1) is 7.49. The summed E-state index contributed by atoms with van der Waals surface area (Å²) in [4.78, 5) is 0. The molecule has 1 aromatic rings. The SMILES string of the molecule is CCC(C#N)S(=O)(=O)Nc1cccc(I)c1. The molecule has 0 aliphatic carbocycles. The van der Waals surface area contributed by atoms with Crippen LogP contribution in [0.1, 0.15) is 13.3 Å². The Labute approximate surface area is 109 Å². The van der Waals surface area contributed by atoms with Gasteiger partial charge in [-0.05, 0) is 47.2 Å².